The molecule has 0 saturated carbocycles. The Hall–Kier alpha value is -2.46. The third-order valence-corrected chi connectivity index (χ3v) is 4.93. The van der Waals surface area contributed by atoms with E-state index in [4.69, 9.17) is 0 Å². The molecule has 0 aliphatic carbocycles. The molecule has 0 rings (SSSR count). The van der Waals surface area contributed by atoms with E-state index in [-0.39, 0.29) is 11.9 Å². The van der Waals surface area contributed by atoms with Crippen LogP contribution in [0, 0.1) is 0 Å². The Bertz CT molecular complexity index is 642. The van der Waals surface area contributed by atoms with Crippen LogP contribution in [0.1, 0.15) is 77.6 Å². The standard InChI is InChI=1S/C29H46N2O2/c1-3-4-5-6-7-8-9-10-11-12-13-14-15-16-17-18-19-20-21-25-29(33)31-26-23-22-24-28(27-32)30-2/h4-5,7-8,10-11,13-14,16-17,19-20,27-28,30H,3,6,9,12,15,18,21-26H2,1-2H3,(H,31,33)/b5-4-,8-7-,11-10-,14-13-,17-16-,20-19-/t28-/m0/s1. The molecule has 1 amide bonds. The number of hydrogen-bond acceptors (Lipinski definition) is 3. The van der Waals surface area contributed by atoms with Crippen LogP contribution in [0.25, 0.3) is 0 Å². The van der Waals surface area contributed by atoms with E-state index in [1.54, 1.807) is 7.05 Å². The number of carbonyl (C=O) groups excluding carboxylic acids is 2. The van der Waals surface area contributed by atoms with E-state index in [2.05, 4.69) is 90.5 Å². The smallest absolute Gasteiger partial charge is 0.220 e. The van der Waals surface area contributed by atoms with Crippen LogP contribution in [0.2, 0.25) is 0 Å². The number of carbonyl (C=O) groups is 2. The number of aldehydes is 1. The molecule has 2 N–H and O–H groups in total. The third kappa shape index (κ3) is 24.0. The average molecular weight is 455 g/mol. The van der Waals surface area contributed by atoms with Gasteiger partial charge in [-0.3, -0.25) is 4.79 Å². The van der Waals surface area contributed by atoms with Gasteiger partial charge >= 0.3 is 0 Å². The fourth-order valence-corrected chi connectivity index (χ4v) is 2.94. The van der Waals surface area contributed by atoms with Gasteiger partial charge in [0.05, 0.1) is 6.04 Å². The first-order valence-electron chi connectivity index (χ1n) is 12.5. The van der Waals surface area contributed by atoms with Crippen LogP contribution in [-0.4, -0.2) is 31.8 Å². The van der Waals surface area contributed by atoms with Crippen LogP contribution in [0.4, 0.5) is 0 Å². The summed E-state index contributed by atoms with van der Waals surface area (Å²) in [7, 11) is 1.79. The topological polar surface area (TPSA) is 58.2 Å². The molecule has 0 aromatic heterocycles. The van der Waals surface area contributed by atoms with Crippen molar-refractivity contribution in [1.29, 1.82) is 0 Å². The lowest BCUT2D eigenvalue weighted by molar-refractivity contribution is -0.121. The second-order valence-electron chi connectivity index (χ2n) is 7.83. The van der Waals surface area contributed by atoms with E-state index in [1.807, 2.05) is 0 Å². The molecule has 0 bridgehead atoms. The fraction of sp³-hybridized carbons (Fsp3) is 0.517. The van der Waals surface area contributed by atoms with Gasteiger partial charge in [-0.15, -0.1) is 0 Å². The molecule has 0 radical (unpaired) electrons. The van der Waals surface area contributed by atoms with Gasteiger partial charge < -0.3 is 15.4 Å². The Labute approximate surface area is 202 Å². The molecule has 0 aliphatic rings. The van der Waals surface area contributed by atoms with Crippen LogP contribution in [0.5, 0.6) is 0 Å². The van der Waals surface area contributed by atoms with Gasteiger partial charge in [0.15, 0.2) is 0 Å². The predicted octanol–water partition coefficient (Wildman–Crippen LogP) is 6.54. The molecular formula is C29H46N2O2. The first-order chi connectivity index (χ1) is 16.2. The first-order valence-corrected chi connectivity index (χ1v) is 12.5. The van der Waals surface area contributed by atoms with Crippen molar-refractivity contribution in [2.75, 3.05) is 13.6 Å². The molecule has 4 heteroatoms. The van der Waals surface area contributed by atoms with E-state index in [0.717, 1.165) is 70.5 Å². The lowest BCUT2D eigenvalue weighted by Gasteiger charge is -2.08. The molecule has 0 heterocycles. The summed E-state index contributed by atoms with van der Waals surface area (Å²) in [4.78, 5) is 22.5. The number of unbranched alkanes of at least 4 members (excludes halogenated alkanes) is 1. The summed E-state index contributed by atoms with van der Waals surface area (Å²) in [6, 6.07) is -0.0752. The minimum absolute atomic E-state index is 0.0752. The Morgan fingerprint density at radius 1 is 0.727 bits per heavy atom. The third-order valence-electron chi connectivity index (χ3n) is 4.93. The van der Waals surface area contributed by atoms with E-state index < -0.39 is 0 Å². The normalized spacial score (nSPS) is 13.5. The average Bonchev–Trinajstić information content (AvgIpc) is 2.83. The van der Waals surface area contributed by atoms with Gasteiger partial charge in [0.2, 0.25) is 5.91 Å². The molecular weight excluding hydrogens is 408 g/mol. The number of rotatable bonds is 21. The SMILES string of the molecule is CC/C=C\C/C=C\C/C=C\C/C=C\C/C=C\C/C=C\CCC(=O)NCCCC[C@@H](C=O)NC. The molecule has 1 atom stereocenters. The lowest BCUT2D eigenvalue weighted by Crippen LogP contribution is -2.27. The molecule has 184 valence electrons. The van der Waals surface area contributed by atoms with Crippen LogP contribution < -0.4 is 10.6 Å². The van der Waals surface area contributed by atoms with Crippen molar-refractivity contribution in [3.8, 4) is 0 Å². The maximum Gasteiger partial charge on any atom is 0.220 e. The summed E-state index contributed by atoms with van der Waals surface area (Å²) in [5.74, 6) is 0.0927. The van der Waals surface area contributed by atoms with Gasteiger partial charge in [-0.1, -0.05) is 79.8 Å². The van der Waals surface area contributed by atoms with E-state index in [9.17, 15) is 9.59 Å². The second-order valence-corrected chi connectivity index (χ2v) is 7.83. The number of nitrogens with one attached hydrogen (secondary N) is 2. The van der Waals surface area contributed by atoms with E-state index in [1.165, 1.54) is 0 Å². The number of allylic oxidation sites excluding steroid dienone is 12. The van der Waals surface area contributed by atoms with Crippen LogP contribution in [0.15, 0.2) is 72.9 Å². The summed E-state index contributed by atoms with van der Waals surface area (Å²) < 4.78 is 0. The van der Waals surface area contributed by atoms with Crippen molar-refractivity contribution in [3.63, 3.8) is 0 Å². The van der Waals surface area contributed by atoms with Crippen molar-refractivity contribution < 1.29 is 9.59 Å². The molecule has 0 saturated heterocycles. The minimum Gasteiger partial charge on any atom is -0.356 e. The highest BCUT2D eigenvalue weighted by Crippen LogP contribution is 2.00. The monoisotopic (exact) mass is 454 g/mol. The zero-order chi connectivity index (χ0) is 24.2. The van der Waals surface area contributed by atoms with Crippen molar-refractivity contribution in [1.82, 2.24) is 10.6 Å². The largest absolute Gasteiger partial charge is 0.356 e. The molecule has 0 spiro atoms. The lowest BCUT2D eigenvalue weighted by atomic mass is 10.1. The molecule has 0 fully saturated rings. The van der Waals surface area contributed by atoms with Gasteiger partial charge in [-0.2, -0.15) is 0 Å². The van der Waals surface area contributed by atoms with Gasteiger partial charge in [0, 0.05) is 13.0 Å². The van der Waals surface area contributed by atoms with Crippen molar-refractivity contribution in [2.45, 2.75) is 83.6 Å². The summed E-state index contributed by atoms with van der Waals surface area (Å²) in [5, 5.41) is 5.89. The molecule has 4 nitrogen and oxygen atoms in total. The number of hydrogen-bond donors (Lipinski definition) is 2. The quantitative estimate of drug-likeness (QED) is 0.118. The Morgan fingerprint density at radius 3 is 1.67 bits per heavy atom. The van der Waals surface area contributed by atoms with Crippen LogP contribution in [0.3, 0.4) is 0 Å². The minimum atomic E-state index is -0.0752. The molecule has 0 aromatic carbocycles. The zero-order valence-electron chi connectivity index (χ0n) is 20.9. The van der Waals surface area contributed by atoms with Gasteiger partial charge in [0.1, 0.15) is 6.29 Å². The summed E-state index contributed by atoms with van der Waals surface area (Å²) in [5.41, 5.74) is 0. The van der Waals surface area contributed by atoms with Gasteiger partial charge in [0.25, 0.3) is 0 Å². The van der Waals surface area contributed by atoms with Gasteiger partial charge in [-0.05, 0) is 71.3 Å². The second kappa shape index (κ2) is 25.8. The summed E-state index contributed by atoms with van der Waals surface area (Å²) in [6.45, 7) is 2.83. The maximum absolute atomic E-state index is 11.8. The summed E-state index contributed by atoms with van der Waals surface area (Å²) >= 11 is 0. The molecule has 0 aromatic rings. The molecule has 0 unspecified atom stereocenters. The van der Waals surface area contributed by atoms with Crippen molar-refractivity contribution in [3.05, 3.63) is 72.9 Å². The molecule has 33 heavy (non-hydrogen) atoms. The highest BCUT2D eigenvalue weighted by Gasteiger charge is 2.03. The van der Waals surface area contributed by atoms with E-state index >= 15 is 0 Å². The van der Waals surface area contributed by atoms with Crippen molar-refractivity contribution >= 4 is 12.2 Å². The highest BCUT2D eigenvalue weighted by molar-refractivity contribution is 5.75. The van der Waals surface area contributed by atoms with Crippen molar-refractivity contribution in [2.24, 2.45) is 0 Å². The van der Waals surface area contributed by atoms with E-state index in [0.29, 0.717) is 13.0 Å². The summed E-state index contributed by atoms with van der Waals surface area (Å²) in [6.07, 6.45) is 37.0. The number of likely N-dealkylation sites (N-methyl/N-ethyl adjacent to an activating group) is 1. The molecule has 0 aliphatic heterocycles. The maximum atomic E-state index is 11.8. The Balaban J connectivity index is 3.58. The first kappa shape index (κ1) is 30.5. The van der Waals surface area contributed by atoms with Crippen LogP contribution >= 0.6 is 0 Å². The van der Waals surface area contributed by atoms with Gasteiger partial charge in [-0.25, -0.2) is 0 Å². The Kier molecular flexibility index (Phi) is 23.9. The van der Waals surface area contributed by atoms with Crippen LogP contribution in [-0.2, 0) is 9.59 Å². The predicted molar refractivity (Wildman–Crippen MR) is 143 cm³/mol. The Morgan fingerprint density at radius 2 is 1.21 bits per heavy atom. The fourth-order valence-electron chi connectivity index (χ4n) is 2.94. The zero-order valence-corrected chi connectivity index (χ0v) is 20.9. The number of amides is 1. The highest BCUT2D eigenvalue weighted by atomic mass is 16.1.